The molecule has 2 atom stereocenters. The number of anilines is 2. The molecule has 0 amide bonds. The number of carbonyl (C=O) groups excluding carboxylic acids is 2. The molecule has 190 valence electrons. The number of rotatable bonds is 6. The molecule has 0 radical (unpaired) electrons. The molecule has 2 unspecified atom stereocenters. The summed E-state index contributed by atoms with van der Waals surface area (Å²) in [6.07, 6.45) is 6.11. The second-order valence-electron chi connectivity index (χ2n) is 8.72. The quantitative estimate of drug-likeness (QED) is 0.541. The van der Waals surface area contributed by atoms with Gasteiger partial charge in [-0.15, -0.1) is 0 Å². The number of hydrogen-bond acceptors (Lipinski definition) is 9. The number of allylic oxidation sites excluding steroid dienone is 2. The Morgan fingerprint density at radius 1 is 1.03 bits per heavy atom. The summed E-state index contributed by atoms with van der Waals surface area (Å²) in [5.74, 6) is -1.57. The topological polar surface area (TPSA) is 102 Å². The summed E-state index contributed by atoms with van der Waals surface area (Å²) in [7, 11) is -1.37. The van der Waals surface area contributed by atoms with E-state index in [0.29, 0.717) is 13.1 Å². The lowest BCUT2D eigenvalue weighted by atomic mass is 10.1. The van der Waals surface area contributed by atoms with Crippen LogP contribution in [0.2, 0.25) is 0 Å². The number of ether oxygens (including phenoxy) is 3. The highest BCUT2D eigenvalue weighted by molar-refractivity contribution is 7.92. The van der Waals surface area contributed by atoms with Crippen LogP contribution in [0.3, 0.4) is 0 Å². The van der Waals surface area contributed by atoms with Crippen molar-refractivity contribution in [3.8, 4) is 0 Å². The Bertz CT molecular complexity index is 1170. The predicted octanol–water partition coefficient (Wildman–Crippen LogP) is 2.97. The van der Waals surface area contributed by atoms with Crippen molar-refractivity contribution in [3.05, 3.63) is 53.9 Å². The summed E-state index contributed by atoms with van der Waals surface area (Å²) >= 11 is 0. The second kappa shape index (κ2) is 10.7. The summed E-state index contributed by atoms with van der Waals surface area (Å²) in [5, 5.41) is -0.713. The Balaban J connectivity index is 2.30. The summed E-state index contributed by atoms with van der Waals surface area (Å²) in [6.45, 7) is 8.37. The molecule has 0 spiro atoms. The van der Waals surface area contributed by atoms with Gasteiger partial charge in [0.05, 0.1) is 47.8 Å². The molecule has 1 saturated heterocycles. The smallest absolute Gasteiger partial charge is 0.355 e. The Hall–Kier alpha value is -3.11. The van der Waals surface area contributed by atoms with Crippen LogP contribution < -0.4 is 9.80 Å². The number of sulfone groups is 1. The highest BCUT2D eigenvalue weighted by atomic mass is 32.2. The van der Waals surface area contributed by atoms with Gasteiger partial charge < -0.3 is 24.0 Å². The largest absolute Gasteiger partial charge is 0.465 e. The van der Waals surface area contributed by atoms with Crippen molar-refractivity contribution in [1.82, 2.24) is 0 Å². The number of morpholine rings is 1. The van der Waals surface area contributed by atoms with Crippen molar-refractivity contribution in [3.63, 3.8) is 0 Å². The van der Waals surface area contributed by atoms with Crippen LogP contribution in [-0.2, 0) is 33.6 Å². The molecule has 0 saturated carbocycles. The zero-order valence-electron chi connectivity index (χ0n) is 20.8. The van der Waals surface area contributed by atoms with Crippen LogP contribution in [0.25, 0.3) is 0 Å². The summed E-state index contributed by atoms with van der Waals surface area (Å²) < 4.78 is 42.4. The van der Waals surface area contributed by atoms with E-state index < -0.39 is 27.0 Å². The first-order valence-electron chi connectivity index (χ1n) is 11.3. The van der Waals surface area contributed by atoms with Crippen LogP contribution in [0.5, 0.6) is 0 Å². The van der Waals surface area contributed by atoms with Gasteiger partial charge >= 0.3 is 11.9 Å². The fraction of sp³-hybridized carbons (Fsp3) is 0.440. The fourth-order valence-corrected chi connectivity index (χ4v) is 5.34. The van der Waals surface area contributed by atoms with E-state index in [1.807, 2.05) is 13.8 Å². The van der Waals surface area contributed by atoms with Gasteiger partial charge in [-0.25, -0.2) is 18.0 Å². The number of esters is 2. The Morgan fingerprint density at radius 3 is 2.23 bits per heavy atom. The normalized spacial score (nSPS) is 20.8. The lowest BCUT2D eigenvalue weighted by Crippen LogP contribution is -2.45. The van der Waals surface area contributed by atoms with Crippen molar-refractivity contribution < 1.29 is 32.2 Å². The Morgan fingerprint density at radius 2 is 1.66 bits per heavy atom. The molecular weight excluding hydrogens is 472 g/mol. The third-order valence-electron chi connectivity index (χ3n) is 5.80. The van der Waals surface area contributed by atoms with Gasteiger partial charge in [0.2, 0.25) is 0 Å². The molecule has 9 nitrogen and oxygen atoms in total. The monoisotopic (exact) mass is 504 g/mol. The van der Waals surface area contributed by atoms with Crippen molar-refractivity contribution >= 4 is 33.2 Å². The third-order valence-corrected chi connectivity index (χ3v) is 8.00. The van der Waals surface area contributed by atoms with E-state index in [2.05, 4.69) is 4.90 Å². The number of nitrogens with zero attached hydrogens (tertiary/aromatic N) is 2. The zero-order chi connectivity index (χ0) is 25.9. The van der Waals surface area contributed by atoms with Gasteiger partial charge in [0, 0.05) is 25.0 Å². The highest BCUT2D eigenvalue weighted by Gasteiger charge is 2.33. The first-order valence-corrected chi connectivity index (χ1v) is 12.9. The van der Waals surface area contributed by atoms with E-state index in [1.54, 1.807) is 44.2 Å². The Labute approximate surface area is 206 Å². The van der Waals surface area contributed by atoms with Gasteiger partial charge in [0.15, 0.2) is 9.84 Å². The minimum absolute atomic E-state index is 0.0139. The van der Waals surface area contributed by atoms with Crippen molar-refractivity contribution in [2.75, 3.05) is 37.1 Å². The van der Waals surface area contributed by atoms with Crippen molar-refractivity contribution in [2.24, 2.45) is 0 Å². The van der Waals surface area contributed by atoms with Gasteiger partial charge in [-0.1, -0.05) is 6.08 Å². The van der Waals surface area contributed by atoms with E-state index in [4.69, 9.17) is 14.2 Å². The minimum Gasteiger partial charge on any atom is -0.465 e. The molecule has 2 aliphatic rings. The molecular formula is C25H32N2O7S. The first kappa shape index (κ1) is 26.5. The van der Waals surface area contributed by atoms with Gasteiger partial charge in [-0.2, -0.15) is 0 Å². The number of carbonyl (C=O) groups is 2. The van der Waals surface area contributed by atoms with E-state index >= 15 is 0 Å². The molecule has 1 aromatic carbocycles. The molecule has 0 aromatic heterocycles. The molecule has 0 aliphatic carbocycles. The van der Waals surface area contributed by atoms with Crippen LogP contribution in [-0.4, -0.2) is 65.1 Å². The maximum atomic E-state index is 13.4. The van der Waals surface area contributed by atoms with Crippen LogP contribution in [0, 0.1) is 0 Å². The third kappa shape index (κ3) is 5.43. The second-order valence-corrected chi connectivity index (χ2v) is 11.2. The lowest BCUT2D eigenvalue weighted by molar-refractivity contribution is -0.139. The SMILES string of the molecule is COC(=O)C1=C(C(=O)OC)N(c2cc(N3CC(C)OC(C)C3)ccc2S(=O)(=O)C(C)C)C=CC=C1. The Kier molecular flexibility index (Phi) is 8.07. The zero-order valence-corrected chi connectivity index (χ0v) is 21.7. The summed E-state index contributed by atoms with van der Waals surface area (Å²) in [4.78, 5) is 29.0. The summed E-state index contributed by atoms with van der Waals surface area (Å²) in [5.41, 5.74) is 0.783. The highest BCUT2D eigenvalue weighted by Crippen LogP contribution is 2.37. The van der Waals surface area contributed by atoms with Crippen LogP contribution in [0.1, 0.15) is 27.7 Å². The predicted molar refractivity (Wildman–Crippen MR) is 133 cm³/mol. The molecule has 1 aromatic rings. The fourth-order valence-electron chi connectivity index (χ4n) is 4.13. The van der Waals surface area contributed by atoms with Crippen LogP contribution in [0.4, 0.5) is 11.4 Å². The van der Waals surface area contributed by atoms with Gasteiger partial charge in [0.1, 0.15) is 5.70 Å². The van der Waals surface area contributed by atoms with Crippen molar-refractivity contribution in [2.45, 2.75) is 50.0 Å². The molecule has 2 aliphatic heterocycles. The molecule has 3 rings (SSSR count). The first-order chi connectivity index (χ1) is 16.5. The van der Waals surface area contributed by atoms with E-state index in [0.717, 1.165) is 5.69 Å². The van der Waals surface area contributed by atoms with E-state index in [9.17, 15) is 18.0 Å². The molecule has 0 N–H and O–H groups in total. The van der Waals surface area contributed by atoms with E-state index in [-0.39, 0.29) is 34.1 Å². The average molecular weight is 505 g/mol. The maximum absolute atomic E-state index is 13.4. The number of benzene rings is 1. The summed E-state index contributed by atoms with van der Waals surface area (Å²) in [6, 6.07) is 5.02. The minimum atomic E-state index is -3.77. The molecule has 35 heavy (non-hydrogen) atoms. The maximum Gasteiger partial charge on any atom is 0.355 e. The van der Waals surface area contributed by atoms with Crippen molar-refractivity contribution in [1.29, 1.82) is 0 Å². The molecule has 2 heterocycles. The molecule has 10 heteroatoms. The molecule has 0 bridgehead atoms. The molecule has 1 fully saturated rings. The van der Waals surface area contributed by atoms with E-state index in [1.165, 1.54) is 31.4 Å². The van der Waals surface area contributed by atoms with Crippen LogP contribution in [0.15, 0.2) is 58.8 Å². The van der Waals surface area contributed by atoms with Gasteiger partial charge in [-0.05, 0) is 58.0 Å². The average Bonchev–Trinajstić information content (AvgIpc) is 3.05. The van der Waals surface area contributed by atoms with Gasteiger partial charge in [0.25, 0.3) is 0 Å². The number of hydrogen-bond donors (Lipinski definition) is 0. The van der Waals surface area contributed by atoms with Gasteiger partial charge in [-0.3, -0.25) is 0 Å². The lowest BCUT2D eigenvalue weighted by Gasteiger charge is -2.37. The number of methoxy groups -OCH3 is 2. The van der Waals surface area contributed by atoms with Crippen LogP contribution >= 0.6 is 0 Å². The standard InChI is InChI=1S/C25H32N2O7S/c1-16(2)35(30,31)22-11-10-19(26-14-17(3)34-18(4)15-26)13-21(22)27-12-8-7-9-20(24(28)32-5)23(27)25(29)33-6/h7-13,16-18H,14-15H2,1-6H3.